The summed E-state index contributed by atoms with van der Waals surface area (Å²) < 4.78 is 50.5. The van der Waals surface area contributed by atoms with Gasteiger partial charge in [-0.3, -0.25) is 38.4 Å². The Morgan fingerprint density at radius 1 is 0.190 bits per heavy atom. The van der Waals surface area contributed by atoms with E-state index in [1.54, 1.807) is 166 Å². The second-order valence-electron chi connectivity index (χ2n) is 38.5. The van der Waals surface area contributed by atoms with Gasteiger partial charge in [0.05, 0.1) is 51.4 Å². The number of carbonyl (C=O) groups excluding carboxylic acids is 8. The third-order valence-corrected chi connectivity index (χ3v) is 18.7. The Hall–Kier alpha value is -10.5. The largest absolute Gasteiger partial charge is 0.460 e. The molecule has 616 valence electrons. The molecule has 0 N–H and O–H groups in total. The molecule has 0 aromatic heterocycles. The molecule has 0 radical (unpaired) electrons. The van der Waals surface area contributed by atoms with Crippen LogP contribution in [0.2, 0.25) is 0 Å². The number of hydrogen-bond donors (Lipinski definition) is 0. The molecule has 0 atom stereocenters. The molecule has 0 unspecified atom stereocenters. The van der Waals surface area contributed by atoms with Gasteiger partial charge in [-0.2, -0.15) is 0 Å². The quantitative estimate of drug-likeness (QED) is 0.0513. The van der Waals surface area contributed by atoms with Crippen LogP contribution in [0.3, 0.4) is 0 Å². The minimum atomic E-state index is -0.987. The fraction of sp³-hybridized carbons (Fsp3) is 0.440. The monoisotopic (exact) mass is 1580 g/mol. The molecule has 0 saturated carbocycles. The van der Waals surface area contributed by atoms with E-state index in [2.05, 4.69) is 0 Å². The molecule has 116 heavy (non-hydrogen) atoms. The zero-order chi connectivity index (χ0) is 85.6. The first-order valence-electron chi connectivity index (χ1n) is 40.3. The molecule has 0 saturated heterocycles. The van der Waals surface area contributed by atoms with Gasteiger partial charge in [0.1, 0.15) is 44.8 Å². The first-order chi connectivity index (χ1) is 53.7. The molecule has 0 amide bonds. The van der Waals surface area contributed by atoms with Crippen LogP contribution in [-0.2, 0) is 128 Å². The SMILES string of the molecule is CC(C)(C)OC(=O)Cc1cc(CC(=O)OC(C)(C)C)c2cc1C(c1ccccc1)c1cc(c(CC(=O)OC(C)(C)C)cc1CC(=O)OC(C)(C)C)C(c1ccccc1)c1cc(c(CC(=O)OC(C)(C)C)cc1CC(=O)OC(C)(C)C)C(c1ccccc1)c1cc(c(CC(=O)OC(C)(C)C)cc1CC(=O)OC(C)(C)C)C2c1ccccc1. The smallest absolute Gasteiger partial charge is 0.310 e. The van der Waals surface area contributed by atoms with Crippen LogP contribution in [0.4, 0.5) is 0 Å². The highest BCUT2D eigenvalue weighted by atomic mass is 16.6. The minimum Gasteiger partial charge on any atom is -0.460 e. The molecule has 16 nitrogen and oxygen atoms in total. The highest BCUT2D eigenvalue weighted by Gasteiger charge is 2.39. The average Bonchev–Trinajstić information content (AvgIpc) is 0.731. The Labute approximate surface area is 687 Å². The van der Waals surface area contributed by atoms with Crippen molar-refractivity contribution in [2.45, 2.75) is 286 Å². The van der Waals surface area contributed by atoms with Crippen molar-refractivity contribution in [2.24, 2.45) is 0 Å². The molecule has 8 aromatic carbocycles. The van der Waals surface area contributed by atoms with Crippen molar-refractivity contribution in [1.82, 2.24) is 0 Å². The second-order valence-corrected chi connectivity index (χ2v) is 38.5. The average molecular weight is 1580 g/mol. The standard InChI is InChI=1S/C100H120O16/c1-93(2,3)109-81(101)49-65-45-66(50-82(102)110-94(4,5)6)74-57-73(65)89(61-37-29-25-30-38-61)75-58-76(68(52-84(104)112-96(10,11)12)46-67(75)51-83(103)111-95(7,8)9)91(63-41-33-27-34-42-63)79-60-80(72(56-88(108)116-100(22,23)24)48-71(79)55-87(107)115-99(19,20)21)92(64-43-35-28-36-44-64)78-59-77(90(74)62-39-31-26-32-40-62)69(53-85(105)113-97(13,14)15)47-70(78)54-86(106)114-98(16,17)18/h25-48,57-60,89-92H,49-56H2,1-24H3. The number of carbonyl (C=O) groups is 8. The molecule has 1 aliphatic rings. The highest BCUT2D eigenvalue weighted by molar-refractivity contribution is 5.83. The molecular formula is C100H120O16. The molecule has 8 bridgehead atoms. The number of rotatable bonds is 20. The number of benzene rings is 8. The summed E-state index contributed by atoms with van der Waals surface area (Å²) in [5.74, 6) is -8.65. The molecule has 0 heterocycles. The van der Waals surface area contributed by atoms with Crippen molar-refractivity contribution < 1.29 is 76.3 Å². The number of esters is 8. The van der Waals surface area contributed by atoms with Crippen molar-refractivity contribution in [3.63, 3.8) is 0 Å². The Morgan fingerprint density at radius 3 is 0.405 bits per heavy atom. The summed E-state index contributed by atoms with van der Waals surface area (Å²) in [6, 6.07) is 54.5. The van der Waals surface area contributed by atoms with Crippen molar-refractivity contribution in [2.75, 3.05) is 0 Å². The topological polar surface area (TPSA) is 210 Å². The zero-order valence-corrected chi connectivity index (χ0v) is 72.7. The van der Waals surface area contributed by atoms with Crippen LogP contribution in [0.5, 0.6) is 0 Å². The summed E-state index contributed by atoms with van der Waals surface area (Å²) in [7, 11) is 0. The highest BCUT2D eigenvalue weighted by Crippen LogP contribution is 2.50. The Kier molecular flexibility index (Phi) is 27.4. The first-order valence-corrected chi connectivity index (χ1v) is 40.3. The molecule has 0 aliphatic heterocycles. The maximum absolute atomic E-state index is 15.3. The summed E-state index contributed by atoms with van der Waals surface area (Å²) in [5, 5.41) is 0. The van der Waals surface area contributed by atoms with E-state index in [0.717, 1.165) is 0 Å². The third-order valence-electron chi connectivity index (χ3n) is 18.7. The molecule has 0 fully saturated rings. The van der Waals surface area contributed by atoms with E-state index in [4.69, 9.17) is 37.9 Å². The van der Waals surface area contributed by atoms with E-state index in [9.17, 15) is 0 Å². The summed E-state index contributed by atoms with van der Waals surface area (Å²) in [4.78, 5) is 122. The van der Waals surface area contributed by atoms with E-state index >= 15 is 38.4 Å². The number of fused-ring (bicyclic) bond motifs is 8. The van der Waals surface area contributed by atoms with Gasteiger partial charge in [-0.15, -0.1) is 0 Å². The number of hydrogen-bond acceptors (Lipinski definition) is 16. The van der Waals surface area contributed by atoms with Crippen molar-refractivity contribution in [3.05, 3.63) is 281 Å². The molecule has 8 aromatic rings. The van der Waals surface area contributed by atoms with Crippen LogP contribution in [0.1, 0.15) is 301 Å². The van der Waals surface area contributed by atoms with Gasteiger partial charge in [0, 0.05) is 23.7 Å². The van der Waals surface area contributed by atoms with Gasteiger partial charge in [0.15, 0.2) is 0 Å². The van der Waals surface area contributed by atoms with Gasteiger partial charge in [-0.25, -0.2) is 0 Å². The summed E-state index contributed by atoms with van der Waals surface area (Å²) in [6.07, 6.45) is -2.75. The fourth-order valence-electron chi connectivity index (χ4n) is 15.2. The lowest BCUT2D eigenvalue weighted by atomic mass is 9.70. The van der Waals surface area contributed by atoms with Crippen molar-refractivity contribution in [1.29, 1.82) is 0 Å². The van der Waals surface area contributed by atoms with Crippen LogP contribution in [0.15, 0.2) is 170 Å². The van der Waals surface area contributed by atoms with Crippen LogP contribution < -0.4 is 0 Å². The van der Waals surface area contributed by atoms with E-state index < -0.39 is 116 Å². The van der Waals surface area contributed by atoms with E-state index in [1.165, 1.54) is 0 Å². The van der Waals surface area contributed by atoms with Crippen LogP contribution in [0, 0.1) is 0 Å². The van der Waals surface area contributed by atoms with Gasteiger partial charge in [-0.1, -0.05) is 170 Å². The van der Waals surface area contributed by atoms with E-state index in [0.29, 0.717) is 111 Å². The van der Waals surface area contributed by atoms with Crippen LogP contribution in [-0.4, -0.2) is 92.6 Å². The van der Waals surface area contributed by atoms with Crippen LogP contribution >= 0.6 is 0 Å². The predicted octanol–water partition coefficient (Wildman–Crippen LogP) is 19.8. The van der Waals surface area contributed by atoms with E-state index in [1.807, 2.05) is 170 Å². The Bertz CT molecular complexity index is 4060. The lowest BCUT2D eigenvalue weighted by Crippen LogP contribution is -2.28. The van der Waals surface area contributed by atoms with Gasteiger partial charge in [0.2, 0.25) is 0 Å². The maximum atomic E-state index is 15.3. The zero-order valence-electron chi connectivity index (χ0n) is 72.7. The lowest BCUT2D eigenvalue weighted by Gasteiger charge is -2.34. The summed E-state index contributed by atoms with van der Waals surface area (Å²) in [5.41, 5.74) is 2.89. The normalized spacial score (nSPS) is 15.4. The lowest BCUT2D eigenvalue weighted by molar-refractivity contribution is -0.155. The fourth-order valence-corrected chi connectivity index (χ4v) is 15.2. The second kappa shape index (κ2) is 35.5. The maximum Gasteiger partial charge on any atom is 0.310 e. The molecule has 16 heteroatoms. The third kappa shape index (κ3) is 25.8. The minimum absolute atomic E-state index is 0.343. The molecule has 1 aliphatic carbocycles. The Balaban J connectivity index is 1.70. The summed E-state index contributed by atoms with van der Waals surface area (Å²) >= 11 is 0. The van der Waals surface area contributed by atoms with Crippen LogP contribution in [0.25, 0.3) is 0 Å². The van der Waals surface area contributed by atoms with Gasteiger partial charge < -0.3 is 37.9 Å². The summed E-state index contributed by atoms with van der Waals surface area (Å²) in [6.45, 7) is 43.0. The molecule has 9 rings (SSSR count). The van der Waals surface area contributed by atoms with Crippen molar-refractivity contribution >= 4 is 47.8 Å². The van der Waals surface area contributed by atoms with Crippen molar-refractivity contribution in [3.8, 4) is 0 Å². The molecular weight excluding hydrogens is 1460 g/mol. The van der Waals surface area contributed by atoms with Gasteiger partial charge in [-0.05, 0) is 277 Å². The Morgan fingerprint density at radius 2 is 0.302 bits per heavy atom. The van der Waals surface area contributed by atoms with E-state index in [-0.39, 0.29) is 51.4 Å². The van der Waals surface area contributed by atoms with Gasteiger partial charge >= 0.3 is 47.8 Å². The van der Waals surface area contributed by atoms with Gasteiger partial charge in [0.25, 0.3) is 0 Å². The first kappa shape index (κ1) is 89.5. The predicted molar refractivity (Wildman–Crippen MR) is 452 cm³/mol. The molecule has 0 spiro atoms. The number of ether oxygens (including phenoxy) is 8.